The van der Waals surface area contributed by atoms with Crippen molar-refractivity contribution in [2.45, 2.75) is 43.3 Å². The Labute approximate surface area is 196 Å². The number of ether oxygens (including phenoxy) is 2. The van der Waals surface area contributed by atoms with Crippen LogP contribution in [0.2, 0.25) is 0 Å². The summed E-state index contributed by atoms with van der Waals surface area (Å²) in [5, 5.41) is 0. The number of rotatable bonds is 6. The van der Waals surface area contributed by atoms with Gasteiger partial charge in [-0.15, -0.1) is 0 Å². The third-order valence-electron chi connectivity index (χ3n) is 6.12. The Morgan fingerprint density at radius 1 is 1.09 bits per heavy atom. The highest BCUT2D eigenvalue weighted by atomic mass is 32.2. The second kappa shape index (κ2) is 8.77. The summed E-state index contributed by atoms with van der Waals surface area (Å²) in [6, 6.07) is 9.19. The number of carbonyl (C=O) groups excluding carboxylic acids is 1. The van der Waals surface area contributed by atoms with Crippen molar-refractivity contribution in [1.29, 1.82) is 0 Å². The molecule has 0 aliphatic carbocycles. The molecule has 2 aromatic carbocycles. The maximum atomic E-state index is 13.4. The number of methoxy groups -OCH3 is 1. The van der Waals surface area contributed by atoms with Gasteiger partial charge in [-0.2, -0.15) is 13.2 Å². The maximum Gasteiger partial charge on any atom is 0.425 e. The second-order valence-corrected chi connectivity index (χ2v) is 10.6. The van der Waals surface area contributed by atoms with Gasteiger partial charge >= 0.3 is 6.18 Å². The van der Waals surface area contributed by atoms with E-state index in [1.54, 1.807) is 7.11 Å². The Hall–Kier alpha value is -2.79. The largest absolute Gasteiger partial charge is 0.480 e. The van der Waals surface area contributed by atoms with Crippen molar-refractivity contribution >= 4 is 21.4 Å². The average molecular weight is 499 g/mol. The molecule has 0 radical (unpaired) electrons. The van der Waals surface area contributed by atoms with E-state index in [-0.39, 0.29) is 35.4 Å². The number of anilines is 1. The Morgan fingerprint density at radius 3 is 2.38 bits per heavy atom. The minimum absolute atomic E-state index is 0.174. The number of hydrogen-bond donors (Lipinski definition) is 0. The van der Waals surface area contributed by atoms with Crippen molar-refractivity contribution in [2.24, 2.45) is 0 Å². The smallest absolute Gasteiger partial charge is 0.425 e. The molecule has 184 valence electrons. The van der Waals surface area contributed by atoms with Crippen LogP contribution >= 0.6 is 0 Å². The van der Waals surface area contributed by atoms with E-state index in [4.69, 9.17) is 9.47 Å². The van der Waals surface area contributed by atoms with Crippen LogP contribution in [0.25, 0.3) is 0 Å². The normalized spacial score (nSPS) is 17.4. The van der Waals surface area contributed by atoms with E-state index in [1.165, 1.54) is 4.90 Å². The molecule has 1 fully saturated rings. The van der Waals surface area contributed by atoms with E-state index in [0.29, 0.717) is 0 Å². The number of benzene rings is 2. The third-order valence-corrected chi connectivity index (χ3v) is 7.23. The fourth-order valence-electron chi connectivity index (χ4n) is 3.96. The minimum Gasteiger partial charge on any atom is -0.480 e. The maximum absolute atomic E-state index is 13.4. The van der Waals surface area contributed by atoms with Gasteiger partial charge in [0.05, 0.1) is 16.6 Å². The molecule has 2 heterocycles. The van der Waals surface area contributed by atoms with Crippen molar-refractivity contribution < 1.29 is 35.9 Å². The predicted octanol–water partition coefficient (Wildman–Crippen LogP) is 3.41. The molecule has 1 amide bonds. The first-order valence-corrected chi connectivity index (χ1v) is 12.5. The summed E-state index contributed by atoms with van der Waals surface area (Å²) in [5.74, 6) is -0.916. The van der Waals surface area contributed by atoms with Crippen LogP contribution in [0.4, 0.5) is 18.9 Å². The van der Waals surface area contributed by atoms with Gasteiger partial charge in [0.1, 0.15) is 5.75 Å². The molecule has 7 nitrogen and oxygen atoms in total. The lowest BCUT2D eigenvalue weighted by Gasteiger charge is -2.40. The highest BCUT2D eigenvalue weighted by Gasteiger charge is 2.39. The highest BCUT2D eigenvalue weighted by molar-refractivity contribution is 7.90. The van der Waals surface area contributed by atoms with Gasteiger partial charge in [0.15, 0.2) is 15.9 Å². The third kappa shape index (κ3) is 4.85. The molecule has 0 spiro atoms. The summed E-state index contributed by atoms with van der Waals surface area (Å²) in [5.41, 5.74) is 2.63. The average Bonchev–Trinajstić information content (AvgIpc) is 3.15. The van der Waals surface area contributed by atoms with Gasteiger partial charge in [-0.25, -0.2) is 8.42 Å². The molecule has 2 aromatic rings. The van der Waals surface area contributed by atoms with Crippen molar-refractivity contribution in [2.75, 3.05) is 31.4 Å². The highest BCUT2D eigenvalue weighted by Crippen LogP contribution is 2.34. The Bertz CT molecular complexity index is 1210. The SMILES string of the molecule is COC1CN(c2ccc3c(c2)CN(C(=O)c2cc(S(C)(=O)=O)ccc2O[C@@H](C)C(F)(F)F)C3)C1. The predicted molar refractivity (Wildman–Crippen MR) is 119 cm³/mol. The topological polar surface area (TPSA) is 76.2 Å². The van der Waals surface area contributed by atoms with Crippen LogP contribution in [0, 0.1) is 0 Å². The molecule has 0 unspecified atom stereocenters. The number of amides is 1. The van der Waals surface area contributed by atoms with E-state index in [2.05, 4.69) is 4.90 Å². The molecule has 34 heavy (non-hydrogen) atoms. The molecule has 1 saturated heterocycles. The molecular formula is C23H25F3N2O5S. The molecule has 11 heteroatoms. The van der Waals surface area contributed by atoms with Crippen LogP contribution in [0.15, 0.2) is 41.3 Å². The molecule has 2 aliphatic heterocycles. The lowest BCUT2D eigenvalue weighted by Crippen LogP contribution is -2.51. The van der Waals surface area contributed by atoms with Crippen LogP contribution in [-0.2, 0) is 27.7 Å². The standard InChI is InChI=1S/C23H25F3N2O5S/c1-14(23(24,25)26)33-21-7-6-19(34(3,30)31)9-20(21)22(29)28-10-15-4-5-17(8-16(15)11-28)27-12-18(13-27)32-2/h4-9,14,18H,10-13H2,1-3H3/t14-/m0/s1. The summed E-state index contributed by atoms with van der Waals surface area (Å²) >= 11 is 0. The molecule has 2 aliphatic rings. The number of sulfone groups is 1. The number of halogens is 3. The van der Waals surface area contributed by atoms with Crippen LogP contribution in [-0.4, -0.2) is 64.1 Å². The Morgan fingerprint density at radius 2 is 1.76 bits per heavy atom. The van der Waals surface area contributed by atoms with E-state index >= 15 is 0 Å². The van der Waals surface area contributed by atoms with Gasteiger partial charge < -0.3 is 19.3 Å². The summed E-state index contributed by atoms with van der Waals surface area (Å²) < 4.78 is 73.6. The number of fused-ring (bicyclic) bond motifs is 1. The van der Waals surface area contributed by atoms with Crippen LogP contribution in [0.3, 0.4) is 0 Å². The van der Waals surface area contributed by atoms with Crippen molar-refractivity contribution in [3.63, 3.8) is 0 Å². The first-order valence-electron chi connectivity index (χ1n) is 10.6. The molecule has 0 bridgehead atoms. The zero-order valence-electron chi connectivity index (χ0n) is 18.9. The Balaban J connectivity index is 1.59. The van der Waals surface area contributed by atoms with Gasteiger partial charge in [0.25, 0.3) is 5.91 Å². The number of alkyl halides is 3. The van der Waals surface area contributed by atoms with E-state index < -0.39 is 28.0 Å². The quantitative estimate of drug-likeness (QED) is 0.608. The molecule has 1 atom stereocenters. The van der Waals surface area contributed by atoms with Crippen LogP contribution in [0.5, 0.6) is 5.75 Å². The second-order valence-electron chi connectivity index (χ2n) is 8.61. The van der Waals surface area contributed by atoms with E-state index in [9.17, 15) is 26.4 Å². The van der Waals surface area contributed by atoms with Gasteiger partial charge in [0, 0.05) is 45.2 Å². The summed E-state index contributed by atoms with van der Waals surface area (Å²) in [4.78, 5) is 16.8. The molecular weight excluding hydrogens is 473 g/mol. The number of carbonyl (C=O) groups is 1. The summed E-state index contributed by atoms with van der Waals surface area (Å²) in [6.07, 6.45) is -5.67. The van der Waals surface area contributed by atoms with Crippen LogP contribution < -0.4 is 9.64 Å². The molecule has 0 aromatic heterocycles. The van der Waals surface area contributed by atoms with E-state index in [0.717, 1.165) is 61.3 Å². The zero-order valence-corrected chi connectivity index (χ0v) is 19.7. The van der Waals surface area contributed by atoms with Crippen molar-refractivity contribution in [1.82, 2.24) is 4.90 Å². The molecule has 4 rings (SSSR count). The summed E-state index contributed by atoms with van der Waals surface area (Å²) in [6.45, 7) is 2.88. The first-order chi connectivity index (χ1) is 15.9. The number of hydrogen-bond acceptors (Lipinski definition) is 6. The van der Waals surface area contributed by atoms with Crippen LogP contribution in [0.1, 0.15) is 28.4 Å². The summed E-state index contributed by atoms with van der Waals surface area (Å²) in [7, 11) is -2.03. The molecule has 0 saturated carbocycles. The molecule has 0 N–H and O–H groups in total. The zero-order chi connectivity index (χ0) is 24.8. The lowest BCUT2D eigenvalue weighted by atomic mass is 10.1. The van der Waals surface area contributed by atoms with Crippen molar-refractivity contribution in [3.8, 4) is 5.75 Å². The number of nitrogens with zero attached hydrogens (tertiary/aromatic N) is 2. The van der Waals surface area contributed by atoms with Gasteiger partial charge in [-0.3, -0.25) is 4.79 Å². The van der Waals surface area contributed by atoms with E-state index in [1.807, 2.05) is 18.2 Å². The minimum atomic E-state index is -4.64. The van der Waals surface area contributed by atoms with Crippen molar-refractivity contribution in [3.05, 3.63) is 53.1 Å². The monoisotopic (exact) mass is 498 g/mol. The fourth-order valence-corrected chi connectivity index (χ4v) is 4.60. The first kappa shape index (κ1) is 24.3. The fraction of sp³-hybridized carbons (Fsp3) is 0.435. The van der Waals surface area contributed by atoms with Gasteiger partial charge in [-0.05, 0) is 48.4 Å². The van der Waals surface area contributed by atoms with Gasteiger partial charge in [0.2, 0.25) is 0 Å². The Kier molecular flexibility index (Phi) is 6.28. The lowest BCUT2D eigenvalue weighted by molar-refractivity contribution is -0.189. The van der Waals surface area contributed by atoms with Gasteiger partial charge in [-0.1, -0.05) is 6.07 Å².